The highest BCUT2D eigenvalue weighted by Crippen LogP contribution is 2.25. The summed E-state index contributed by atoms with van der Waals surface area (Å²) in [5.74, 6) is 1.91. The number of carbonyl (C=O) groups excluding carboxylic acids is 1. The van der Waals surface area contributed by atoms with E-state index in [0.29, 0.717) is 12.8 Å². The molecule has 1 aromatic carbocycles. The van der Waals surface area contributed by atoms with Crippen molar-refractivity contribution in [2.24, 2.45) is 5.92 Å². The molecule has 19 heavy (non-hydrogen) atoms. The molecule has 0 bridgehead atoms. The first-order valence-corrected chi connectivity index (χ1v) is 7.51. The first-order valence-electron chi connectivity index (χ1n) is 7.51. The maximum Gasteiger partial charge on any atom is 0.136 e. The second kappa shape index (κ2) is 7.32. The van der Waals surface area contributed by atoms with Gasteiger partial charge in [-0.2, -0.15) is 0 Å². The van der Waals surface area contributed by atoms with Crippen molar-refractivity contribution in [2.75, 3.05) is 6.61 Å². The minimum Gasteiger partial charge on any atom is -0.493 e. The number of rotatable bonds is 6. The van der Waals surface area contributed by atoms with Crippen LogP contribution in [0.25, 0.3) is 0 Å². The average molecular weight is 260 g/mol. The summed E-state index contributed by atoms with van der Waals surface area (Å²) in [6.45, 7) is 2.73. The van der Waals surface area contributed by atoms with E-state index in [1.807, 2.05) is 31.2 Å². The molecule has 0 spiro atoms. The van der Waals surface area contributed by atoms with Crippen LogP contribution in [0.1, 0.15) is 51.0 Å². The topological polar surface area (TPSA) is 26.3 Å². The quantitative estimate of drug-likeness (QED) is 0.767. The van der Waals surface area contributed by atoms with E-state index in [1.165, 1.54) is 32.1 Å². The smallest absolute Gasteiger partial charge is 0.136 e. The Hall–Kier alpha value is -1.31. The van der Waals surface area contributed by atoms with Gasteiger partial charge in [0.1, 0.15) is 11.5 Å². The molecule has 104 valence electrons. The van der Waals surface area contributed by atoms with Crippen molar-refractivity contribution in [3.8, 4) is 5.75 Å². The molecule has 2 rings (SSSR count). The van der Waals surface area contributed by atoms with Gasteiger partial charge in [0.15, 0.2) is 0 Å². The van der Waals surface area contributed by atoms with Crippen LogP contribution in [-0.4, -0.2) is 12.4 Å². The Morgan fingerprint density at radius 2 is 2.05 bits per heavy atom. The summed E-state index contributed by atoms with van der Waals surface area (Å²) in [7, 11) is 0. The van der Waals surface area contributed by atoms with Gasteiger partial charge in [0.2, 0.25) is 0 Å². The molecule has 1 aliphatic carbocycles. The van der Waals surface area contributed by atoms with E-state index >= 15 is 0 Å². The highest BCUT2D eigenvalue weighted by atomic mass is 16.5. The number of carbonyl (C=O) groups is 1. The van der Waals surface area contributed by atoms with Gasteiger partial charge in [-0.05, 0) is 36.5 Å². The zero-order valence-electron chi connectivity index (χ0n) is 11.9. The van der Waals surface area contributed by atoms with Gasteiger partial charge >= 0.3 is 0 Å². The van der Waals surface area contributed by atoms with Crippen LogP contribution in [0.2, 0.25) is 0 Å². The van der Waals surface area contributed by atoms with E-state index in [4.69, 9.17) is 4.74 Å². The molecule has 1 aromatic rings. The molecule has 0 saturated heterocycles. The molecule has 0 aromatic heterocycles. The van der Waals surface area contributed by atoms with Crippen LogP contribution in [-0.2, 0) is 11.2 Å². The summed E-state index contributed by atoms with van der Waals surface area (Å²) < 4.78 is 5.89. The molecule has 2 heteroatoms. The molecule has 0 radical (unpaired) electrons. The monoisotopic (exact) mass is 260 g/mol. The summed E-state index contributed by atoms with van der Waals surface area (Å²) in [5, 5.41) is 0. The van der Waals surface area contributed by atoms with E-state index in [9.17, 15) is 4.79 Å². The molecular weight excluding hydrogens is 236 g/mol. The van der Waals surface area contributed by atoms with Crippen molar-refractivity contribution < 1.29 is 9.53 Å². The second-order valence-electron chi connectivity index (χ2n) is 5.53. The Morgan fingerprint density at radius 1 is 1.26 bits per heavy atom. The third kappa shape index (κ3) is 4.70. The van der Waals surface area contributed by atoms with Gasteiger partial charge in [-0.25, -0.2) is 0 Å². The molecule has 0 N–H and O–H groups in total. The van der Waals surface area contributed by atoms with Crippen molar-refractivity contribution in [2.45, 2.75) is 51.9 Å². The predicted octanol–water partition coefficient (Wildman–Crippen LogP) is 4.17. The Morgan fingerprint density at radius 3 is 2.79 bits per heavy atom. The summed E-state index contributed by atoms with van der Waals surface area (Å²) in [6, 6.07) is 7.98. The van der Waals surface area contributed by atoms with Gasteiger partial charge < -0.3 is 4.74 Å². The van der Waals surface area contributed by atoms with E-state index in [-0.39, 0.29) is 5.78 Å². The first kappa shape index (κ1) is 14.1. The molecular formula is C17H24O2. The zero-order chi connectivity index (χ0) is 13.5. The van der Waals surface area contributed by atoms with Crippen LogP contribution in [0.5, 0.6) is 5.75 Å². The Kier molecular flexibility index (Phi) is 5.44. The molecule has 0 atom stereocenters. The lowest BCUT2D eigenvalue weighted by molar-refractivity contribution is -0.118. The SMILES string of the molecule is CCC(=O)Cc1cccc(OCC2CCCCC2)c1. The maximum absolute atomic E-state index is 11.5. The average Bonchev–Trinajstić information content (AvgIpc) is 2.46. The number of hydrogen-bond acceptors (Lipinski definition) is 2. The van der Waals surface area contributed by atoms with Crippen LogP contribution in [0.15, 0.2) is 24.3 Å². The van der Waals surface area contributed by atoms with Crippen LogP contribution in [0, 0.1) is 5.92 Å². The van der Waals surface area contributed by atoms with Crippen molar-refractivity contribution in [1.82, 2.24) is 0 Å². The van der Waals surface area contributed by atoms with Crippen molar-refractivity contribution >= 4 is 5.78 Å². The lowest BCUT2D eigenvalue weighted by Gasteiger charge is -2.21. The van der Waals surface area contributed by atoms with E-state index in [1.54, 1.807) is 0 Å². The lowest BCUT2D eigenvalue weighted by atomic mass is 9.90. The number of Topliss-reactive ketones (excluding diaryl/α,β-unsaturated/α-hetero) is 1. The molecule has 0 amide bonds. The summed E-state index contributed by atoms with van der Waals surface area (Å²) in [4.78, 5) is 11.5. The van der Waals surface area contributed by atoms with Gasteiger partial charge in [0, 0.05) is 12.8 Å². The third-order valence-electron chi connectivity index (χ3n) is 3.90. The highest BCUT2D eigenvalue weighted by Gasteiger charge is 2.14. The van der Waals surface area contributed by atoms with Crippen LogP contribution in [0.3, 0.4) is 0 Å². The van der Waals surface area contributed by atoms with Crippen molar-refractivity contribution in [3.05, 3.63) is 29.8 Å². The molecule has 1 saturated carbocycles. The predicted molar refractivity (Wildman–Crippen MR) is 77.5 cm³/mol. The minimum atomic E-state index is 0.282. The lowest BCUT2D eigenvalue weighted by Crippen LogP contribution is -2.15. The second-order valence-corrected chi connectivity index (χ2v) is 5.53. The van der Waals surface area contributed by atoms with Crippen LogP contribution >= 0.6 is 0 Å². The number of benzene rings is 1. The van der Waals surface area contributed by atoms with Crippen molar-refractivity contribution in [1.29, 1.82) is 0 Å². The summed E-state index contributed by atoms with van der Waals surface area (Å²) in [6.07, 6.45) is 7.80. The fourth-order valence-corrected chi connectivity index (χ4v) is 2.67. The Balaban J connectivity index is 1.85. The van der Waals surface area contributed by atoms with Crippen LogP contribution < -0.4 is 4.74 Å². The van der Waals surface area contributed by atoms with Gasteiger partial charge in [0.05, 0.1) is 6.61 Å². The largest absolute Gasteiger partial charge is 0.493 e. The summed E-state index contributed by atoms with van der Waals surface area (Å²) >= 11 is 0. The van der Waals surface area contributed by atoms with Crippen molar-refractivity contribution in [3.63, 3.8) is 0 Å². The fourth-order valence-electron chi connectivity index (χ4n) is 2.67. The number of ether oxygens (including phenoxy) is 1. The van der Waals surface area contributed by atoms with E-state index in [2.05, 4.69) is 0 Å². The fraction of sp³-hybridized carbons (Fsp3) is 0.588. The maximum atomic E-state index is 11.5. The normalized spacial score (nSPS) is 16.3. The molecule has 0 heterocycles. The number of ketones is 1. The molecule has 2 nitrogen and oxygen atoms in total. The number of hydrogen-bond donors (Lipinski definition) is 0. The van der Waals surface area contributed by atoms with Gasteiger partial charge in [-0.15, -0.1) is 0 Å². The van der Waals surface area contributed by atoms with E-state index in [0.717, 1.165) is 23.8 Å². The minimum absolute atomic E-state index is 0.282. The van der Waals surface area contributed by atoms with Crippen LogP contribution in [0.4, 0.5) is 0 Å². The molecule has 1 fully saturated rings. The molecule has 1 aliphatic rings. The first-order chi connectivity index (χ1) is 9.28. The molecule has 0 unspecified atom stereocenters. The van der Waals surface area contributed by atoms with E-state index < -0.39 is 0 Å². The highest BCUT2D eigenvalue weighted by molar-refractivity contribution is 5.80. The third-order valence-corrected chi connectivity index (χ3v) is 3.90. The van der Waals surface area contributed by atoms with Gasteiger partial charge in [0.25, 0.3) is 0 Å². The standard InChI is InChI=1S/C17H24O2/c1-2-16(18)11-15-9-6-10-17(12-15)19-13-14-7-4-3-5-8-14/h6,9-10,12,14H,2-5,7-8,11,13H2,1H3. The van der Waals surface area contributed by atoms with Gasteiger partial charge in [-0.1, -0.05) is 38.3 Å². The Bertz CT molecular complexity index is 405. The Labute approximate surface area is 116 Å². The summed E-state index contributed by atoms with van der Waals surface area (Å²) in [5.41, 5.74) is 1.06. The van der Waals surface area contributed by atoms with Gasteiger partial charge in [-0.3, -0.25) is 4.79 Å². The zero-order valence-corrected chi connectivity index (χ0v) is 11.9. The molecule has 0 aliphatic heterocycles.